The molecule has 3 fully saturated rings. The van der Waals surface area contributed by atoms with E-state index in [-0.39, 0.29) is 24.1 Å². The highest BCUT2D eigenvalue weighted by Gasteiger charge is 2.55. The Morgan fingerprint density at radius 1 is 1.16 bits per heavy atom. The van der Waals surface area contributed by atoms with Crippen LogP contribution in [-0.2, 0) is 9.47 Å². The van der Waals surface area contributed by atoms with Crippen LogP contribution < -0.4 is 5.32 Å². The second-order valence-electron chi connectivity index (χ2n) is 10.5. The second-order valence-corrected chi connectivity index (χ2v) is 11.5. The van der Waals surface area contributed by atoms with Crippen molar-refractivity contribution in [1.82, 2.24) is 25.0 Å². The van der Waals surface area contributed by atoms with Gasteiger partial charge in [0, 0.05) is 24.1 Å². The first-order chi connectivity index (χ1) is 17.7. The van der Waals surface area contributed by atoms with Gasteiger partial charge in [-0.15, -0.1) is 5.10 Å². The number of hydrogen-bond donors (Lipinski definition) is 2. The molecule has 0 unspecified atom stereocenters. The molecular formula is C25H30F2N6O3S. The minimum absolute atomic E-state index is 0.00616. The van der Waals surface area contributed by atoms with E-state index in [0.717, 1.165) is 36.6 Å². The summed E-state index contributed by atoms with van der Waals surface area (Å²) in [6.07, 6.45) is 1.77. The average molecular weight is 533 g/mol. The van der Waals surface area contributed by atoms with Crippen molar-refractivity contribution >= 4 is 28.7 Å². The van der Waals surface area contributed by atoms with Gasteiger partial charge >= 0.3 is 0 Å². The van der Waals surface area contributed by atoms with Crippen LogP contribution >= 0.6 is 11.8 Å². The fraction of sp³-hybridized carbons (Fsp3) is 0.600. The van der Waals surface area contributed by atoms with Crippen LogP contribution in [0.25, 0.3) is 11.2 Å². The Kier molecular flexibility index (Phi) is 6.33. The van der Waals surface area contributed by atoms with E-state index >= 15 is 0 Å². The van der Waals surface area contributed by atoms with E-state index in [0.29, 0.717) is 28.6 Å². The monoisotopic (exact) mass is 532 g/mol. The molecule has 2 saturated carbocycles. The molecular weight excluding hydrogens is 502 g/mol. The lowest BCUT2D eigenvalue weighted by Crippen LogP contribution is -2.29. The normalized spacial score (nSPS) is 30.1. The number of nitrogens with zero attached hydrogens (tertiary/aromatic N) is 5. The lowest BCUT2D eigenvalue weighted by Gasteiger charge is -2.22. The maximum Gasteiger partial charge on any atom is 0.191 e. The number of thioether (sulfide) groups is 1. The number of unbranched alkanes of at least 4 members (excludes halogenated alkanes) is 1. The van der Waals surface area contributed by atoms with Gasteiger partial charge in [0.25, 0.3) is 0 Å². The molecule has 2 aromatic heterocycles. The third-order valence-corrected chi connectivity index (χ3v) is 8.17. The summed E-state index contributed by atoms with van der Waals surface area (Å²) in [6.45, 7) is 5.80. The summed E-state index contributed by atoms with van der Waals surface area (Å²) in [5.41, 5.74) is 1.83. The van der Waals surface area contributed by atoms with Crippen molar-refractivity contribution in [3.8, 4) is 0 Å². The van der Waals surface area contributed by atoms with Gasteiger partial charge in [-0.3, -0.25) is 0 Å². The molecule has 12 heteroatoms. The Morgan fingerprint density at radius 3 is 2.76 bits per heavy atom. The van der Waals surface area contributed by atoms with Crippen LogP contribution in [0.2, 0.25) is 0 Å². The highest BCUT2D eigenvalue weighted by Crippen LogP contribution is 2.46. The first-order valence-electron chi connectivity index (χ1n) is 12.7. The molecule has 6 rings (SSSR count). The van der Waals surface area contributed by atoms with Crippen LogP contribution in [0.15, 0.2) is 23.4 Å². The Balaban J connectivity index is 1.31. The van der Waals surface area contributed by atoms with Crippen molar-refractivity contribution in [1.29, 1.82) is 0 Å². The predicted octanol–water partition coefficient (Wildman–Crippen LogP) is 4.19. The lowest BCUT2D eigenvalue weighted by molar-refractivity contribution is -0.165. The standard InChI is InChI=1S/C25H30F2N6O3S/c1-4-5-8-37-24-29-22(28-16-10-13(16)12-6-7-14(26)15(27)9-12)19-23(30-24)33(32-31-19)17-11-18(34)21-20(17)35-25(2,3)36-21/h6-7,9,13,16-18,20-21,34H,4-5,8,10-11H2,1-3H3,(H,28,29,30)/t13-,16+,17-,18+,20+,21-/m0/s1. The molecule has 198 valence electrons. The number of hydrogen-bond acceptors (Lipinski definition) is 9. The van der Waals surface area contributed by atoms with Crippen LogP contribution in [0.4, 0.5) is 14.6 Å². The molecule has 0 radical (unpaired) electrons. The van der Waals surface area contributed by atoms with Gasteiger partial charge in [-0.2, -0.15) is 0 Å². The third-order valence-electron chi connectivity index (χ3n) is 7.24. The molecule has 3 aliphatic rings. The summed E-state index contributed by atoms with van der Waals surface area (Å²) >= 11 is 1.57. The molecule has 37 heavy (non-hydrogen) atoms. The number of anilines is 1. The zero-order valence-electron chi connectivity index (χ0n) is 20.9. The van der Waals surface area contributed by atoms with Crippen LogP contribution in [-0.4, -0.2) is 66.0 Å². The Labute approximate surface area is 217 Å². The molecule has 1 saturated heterocycles. The summed E-state index contributed by atoms with van der Waals surface area (Å²) in [7, 11) is 0. The molecule has 0 bridgehead atoms. The molecule has 9 nitrogen and oxygen atoms in total. The predicted molar refractivity (Wildman–Crippen MR) is 133 cm³/mol. The van der Waals surface area contributed by atoms with Gasteiger partial charge in [-0.05, 0) is 44.4 Å². The van der Waals surface area contributed by atoms with E-state index in [9.17, 15) is 13.9 Å². The second kappa shape index (κ2) is 9.40. The van der Waals surface area contributed by atoms with Crippen LogP contribution in [0.5, 0.6) is 0 Å². The molecule has 6 atom stereocenters. The highest BCUT2D eigenvalue weighted by atomic mass is 32.2. The summed E-state index contributed by atoms with van der Waals surface area (Å²) in [4.78, 5) is 9.54. The largest absolute Gasteiger partial charge is 0.390 e. The Bertz CT molecular complexity index is 1320. The average Bonchev–Trinajstić information content (AvgIpc) is 3.21. The first kappa shape index (κ1) is 24.9. The maximum atomic E-state index is 13.8. The highest BCUT2D eigenvalue weighted by molar-refractivity contribution is 7.99. The fourth-order valence-electron chi connectivity index (χ4n) is 5.32. The number of fused-ring (bicyclic) bond motifs is 2. The molecule has 1 aliphatic heterocycles. The van der Waals surface area contributed by atoms with Crippen LogP contribution in [0.3, 0.4) is 0 Å². The van der Waals surface area contributed by atoms with E-state index in [1.807, 2.05) is 13.8 Å². The Morgan fingerprint density at radius 2 is 1.97 bits per heavy atom. The van der Waals surface area contributed by atoms with E-state index in [2.05, 4.69) is 22.6 Å². The number of aliphatic hydroxyl groups excluding tert-OH is 1. The van der Waals surface area contributed by atoms with Crippen molar-refractivity contribution in [3.63, 3.8) is 0 Å². The molecule has 0 amide bonds. The number of rotatable bonds is 8. The smallest absolute Gasteiger partial charge is 0.191 e. The molecule has 2 N–H and O–H groups in total. The van der Waals surface area contributed by atoms with Gasteiger partial charge in [0.2, 0.25) is 0 Å². The molecule has 0 spiro atoms. The maximum absolute atomic E-state index is 13.8. The minimum Gasteiger partial charge on any atom is -0.390 e. The number of aromatic nitrogens is 5. The summed E-state index contributed by atoms with van der Waals surface area (Å²) in [5.74, 6) is -1.01. The molecule has 3 aromatic rings. The van der Waals surface area contributed by atoms with Crippen molar-refractivity contribution in [2.45, 2.75) is 93.7 Å². The zero-order valence-corrected chi connectivity index (χ0v) is 21.7. The zero-order chi connectivity index (χ0) is 25.9. The number of halogens is 2. The van der Waals surface area contributed by atoms with Crippen molar-refractivity contribution < 1.29 is 23.4 Å². The van der Waals surface area contributed by atoms with Crippen LogP contribution in [0, 0.1) is 11.6 Å². The van der Waals surface area contributed by atoms with E-state index in [4.69, 9.17) is 19.4 Å². The van der Waals surface area contributed by atoms with E-state index in [1.54, 1.807) is 22.5 Å². The van der Waals surface area contributed by atoms with Gasteiger partial charge in [-0.25, -0.2) is 23.4 Å². The van der Waals surface area contributed by atoms with Gasteiger partial charge in [-0.1, -0.05) is 36.4 Å². The minimum atomic E-state index is -0.851. The quantitative estimate of drug-likeness (QED) is 0.251. The SMILES string of the molecule is CCCCSc1nc(N[C@@H]2C[C@H]2c2ccc(F)c(F)c2)c2nnn([C@H]3C[C@@H](O)[C@@H]4OC(C)(C)O[C@@H]43)c2n1. The summed E-state index contributed by atoms with van der Waals surface area (Å²) < 4.78 is 41.0. The van der Waals surface area contributed by atoms with Gasteiger partial charge in [0.05, 0.1) is 12.1 Å². The van der Waals surface area contributed by atoms with Crippen molar-refractivity contribution in [3.05, 3.63) is 35.4 Å². The molecule has 2 aliphatic carbocycles. The van der Waals surface area contributed by atoms with Crippen molar-refractivity contribution in [2.24, 2.45) is 0 Å². The van der Waals surface area contributed by atoms with Gasteiger partial charge in [0.15, 0.2) is 39.6 Å². The summed E-state index contributed by atoms with van der Waals surface area (Å²) in [6, 6.07) is 3.75. The lowest BCUT2D eigenvalue weighted by atomic mass is 10.1. The third kappa shape index (κ3) is 4.68. The summed E-state index contributed by atoms with van der Waals surface area (Å²) in [5, 5.41) is 23.5. The number of ether oxygens (including phenoxy) is 2. The first-order valence-corrected chi connectivity index (χ1v) is 13.7. The van der Waals surface area contributed by atoms with Gasteiger partial charge < -0.3 is 19.9 Å². The van der Waals surface area contributed by atoms with Crippen LogP contribution in [0.1, 0.15) is 64.0 Å². The molecule has 1 aromatic carbocycles. The molecule has 3 heterocycles. The number of nitrogens with one attached hydrogen (secondary N) is 1. The number of benzene rings is 1. The number of aliphatic hydroxyl groups is 1. The Hall–Kier alpha value is -2.41. The van der Waals surface area contributed by atoms with Gasteiger partial charge in [0.1, 0.15) is 12.2 Å². The van der Waals surface area contributed by atoms with E-state index in [1.165, 1.54) is 6.07 Å². The fourth-order valence-corrected chi connectivity index (χ4v) is 6.24. The van der Waals surface area contributed by atoms with Crippen molar-refractivity contribution in [2.75, 3.05) is 11.1 Å². The van der Waals surface area contributed by atoms with E-state index < -0.39 is 29.6 Å². The topological polar surface area (TPSA) is 107 Å².